The van der Waals surface area contributed by atoms with Gasteiger partial charge in [0.1, 0.15) is 13.2 Å². The van der Waals surface area contributed by atoms with Crippen molar-refractivity contribution in [3.05, 3.63) is 0 Å². The molecule has 0 N–H and O–H groups in total. The maximum Gasteiger partial charge on any atom is 0.306 e. The van der Waals surface area contributed by atoms with E-state index < -0.39 is 6.10 Å². The molecule has 0 aliphatic carbocycles. The van der Waals surface area contributed by atoms with E-state index in [0.717, 1.165) is 70.1 Å². The second-order valence-electron chi connectivity index (χ2n) is 14.2. The van der Waals surface area contributed by atoms with Crippen molar-refractivity contribution in [3.63, 3.8) is 0 Å². The van der Waals surface area contributed by atoms with Gasteiger partial charge in [0.05, 0.1) is 0 Å². The minimum Gasteiger partial charge on any atom is -0.462 e. The standard InChI is InChI=1S/C41H78O6/c1-5-8-10-12-13-14-15-16-17-21-25-28-32-39(42)45-35-38(47-41(44)34-30-23-11-9-6-2)36-46-40(43)33-29-26-22-19-18-20-24-27-31-37(4)7-3/h37-38H,5-36H2,1-4H3/t37?,38-/m1/s1. The first-order valence-corrected chi connectivity index (χ1v) is 20.4. The molecule has 0 rings (SSSR count). The molecule has 6 nitrogen and oxygen atoms in total. The average molecular weight is 667 g/mol. The zero-order valence-corrected chi connectivity index (χ0v) is 31.7. The van der Waals surface area contributed by atoms with Crippen LogP contribution in [-0.2, 0) is 28.6 Å². The van der Waals surface area contributed by atoms with Crippen LogP contribution in [0, 0.1) is 5.92 Å². The van der Waals surface area contributed by atoms with E-state index >= 15 is 0 Å². The van der Waals surface area contributed by atoms with Gasteiger partial charge in [-0.1, -0.05) is 182 Å². The van der Waals surface area contributed by atoms with E-state index in [9.17, 15) is 14.4 Å². The number of carbonyl (C=O) groups is 3. The molecule has 0 amide bonds. The normalized spacial score (nSPS) is 12.5. The van der Waals surface area contributed by atoms with Crippen LogP contribution in [0.4, 0.5) is 0 Å². The molecular weight excluding hydrogens is 588 g/mol. The summed E-state index contributed by atoms with van der Waals surface area (Å²) in [5.74, 6) is -0.0289. The highest BCUT2D eigenvalue weighted by atomic mass is 16.6. The monoisotopic (exact) mass is 667 g/mol. The first kappa shape index (κ1) is 45.4. The van der Waals surface area contributed by atoms with Crippen molar-refractivity contribution >= 4 is 17.9 Å². The van der Waals surface area contributed by atoms with Crippen molar-refractivity contribution in [2.45, 2.75) is 226 Å². The van der Waals surface area contributed by atoms with Crippen molar-refractivity contribution in [1.82, 2.24) is 0 Å². The second-order valence-corrected chi connectivity index (χ2v) is 14.2. The van der Waals surface area contributed by atoms with Gasteiger partial charge in [0.15, 0.2) is 6.10 Å². The fraction of sp³-hybridized carbons (Fsp3) is 0.927. The van der Waals surface area contributed by atoms with E-state index in [1.54, 1.807) is 0 Å². The lowest BCUT2D eigenvalue weighted by molar-refractivity contribution is -0.167. The zero-order chi connectivity index (χ0) is 34.6. The van der Waals surface area contributed by atoms with Gasteiger partial charge >= 0.3 is 17.9 Å². The Kier molecular flexibility index (Phi) is 34.5. The maximum absolute atomic E-state index is 12.5. The predicted molar refractivity (Wildman–Crippen MR) is 196 cm³/mol. The minimum atomic E-state index is -0.756. The Labute approximate surface area is 291 Å². The van der Waals surface area contributed by atoms with Gasteiger partial charge in [0.25, 0.3) is 0 Å². The Bertz CT molecular complexity index is 708. The maximum atomic E-state index is 12.5. The second kappa shape index (κ2) is 35.7. The van der Waals surface area contributed by atoms with Gasteiger partial charge in [0, 0.05) is 19.3 Å². The largest absolute Gasteiger partial charge is 0.462 e. The van der Waals surface area contributed by atoms with Crippen LogP contribution < -0.4 is 0 Å². The molecule has 0 aromatic carbocycles. The topological polar surface area (TPSA) is 78.9 Å². The third-order valence-corrected chi connectivity index (χ3v) is 9.40. The molecule has 0 aliphatic heterocycles. The van der Waals surface area contributed by atoms with Crippen LogP contribution in [0.2, 0.25) is 0 Å². The quantitative estimate of drug-likeness (QED) is 0.0376. The molecule has 0 fully saturated rings. The van der Waals surface area contributed by atoms with Crippen molar-refractivity contribution in [2.75, 3.05) is 13.2 Å². The summed E-state index contributed by atoms with van der Waals surface area (Å²) >= 11 is 0. The molecule has 47 heavy (non-hydrogen) atoms. The minimum absolute atomic E-state index is 0.0662. The highest BCUT2D eigenvalue weighted by molar-refractivity contribution is 5.71. The fourth-order valence-corrected chi connectivity index (χ4v) is 5.89. The molecule has 6 heteroatoms. The van der Waals surface area contributed by atoms with E-state index in [0.29, 0.717) is 19.3 Å². The lowest BCUT2D eigenvalue weighted by Crippen LogP contribution is -2.30. The molecule has 0 aromatic heterocycles. The van der Waals surface area contributed by atoms with Gasteiger partial charge in [-0.2, -0.15) is 0 Å². The number of carbonyl (C=O) groups excluding carboxylic acids is 3. The Morgan fingerprint density at radius 2 is 0.745 bits per heavy atom. The molecule has 0 aromatic rings. The SMILES string of the molecule is CCCCCCCCCCCCCCC(=O)OC[C@H](COC(=O)CCCCCCCCCCC(C)CC)OC(=O)CCCCCCC. The summed E-state index contributed by atoms with van der Waals surface area (Å²) in [7, 11) is 0. The average Bonchev–Trinajstić information content (AvgIpc) is 3.06. The molecule has 0 saturated carbocycles. The third-order valence-electron chi connectivity index (χ3n) is 9.40. The van der Waals surface area contributed by atoms with E-state index in [4.69, 9.17) is 14.2 Å². The number of unbranched alkanes of at least 4 members (excludes halogenated alkanes) is 22. The van der Waals surface area contributed by atoms with Crippen LogP contribution in [-0.4, -0.2) is 37.2 Å². The molecular formula is C41H78O6. The number of hydrogen-bond donors (Lipinski definition) is 0. The lowest BCUT2D eigenvalue weighted by Gasteiger charge is -2.18. The Morgan fingerprint density at radius 1 is 0.426 bits per heavy atom. The fourth-order valence-electron chi connectivity index (χ4n) is 5.89. The van der Waals surface area contributed by atoms with Gasteiger partial charge < -0.3 is 14.2 Å². The summed E-state index contributed by atoms with van der Waals surface area (Å²) in [5, 5.41) is 0. The summed E-state index contributed by atoms with van der Waals surface area (Å²) in [6.07, 6.45) is 32.5. The van der Waals surface area contributed by atoms with Crippen LogP contribution in [0.5, 0.6) is 0 Å². The number of rotatable bonds is 36. The van der Waals surface area contributed by atoms with Crippen LogP contribution >= 0.6 is 0 Å². The predicted octanol–water partition coefficient (Wildman–Crippen LogP) is 12.4. The van der Waals surface area contributed by atoms with Gasteiger partial charge in [-0.05, 0) is 25.2 Å². The van der Waals surface area contributed by atoms with E-state index in [-0.39, 0.29) is 31.1 Å². The first-order chi connectivity index (χ1) is 22.9. The van der Waals surface area contributed by atoms with Crippen molar-refractivity contribution in [2.24, 2.45) is 5.92 Å². The summed E-state index contributed by atoms with van der Waals surface area (Å²) in [5.41, 5.74) is 0. The molecule has 1 unspecified atom stereocenters. The van der Waals surface area contributed by atoms with Crippen LogP contribution in [0.1, 0.15) is 220 Å². The van der Waals surface area contributed by atoms with Gasteiger partial charge in [-0.15, -0.1) is 0 Å². The van der Waals surface area contributed by atoms with Crippen LogP contribution in [0.25, 0.3) is 0 Å². The Morgan fingerprint density at radius 3 is 1.11 bits per heavy atom. The molecule has 0 bridgehead atoms. The van der Waals surface area contributed by atoms with E-state index in [1.165, 1.54) is 109 Å². The zero-order valence-electron chi connectivity index (χ0n) is 31.7. The van der Waals surface area contributed by atoms with E-state index in [2.05, 4.69) is 27.7 Å². The molecule has 0 spiro atoms. The highest BCUT2D eigenvalue weighted by Crippen LogP contribution is 2.16. The number of hydrogen-bond acceptors (Lipinski definition) is 6. The highest BCUT2D eigenvalue weighted by Gasteiger charge is 2.19. The van der Waals surface area contributed by atoms with Gasteiger partial charge in [0.2, 0.25) is 0 Å². The van der Waals surface area contributed by atoms with Crippen molar-refractivity contribution in [3.8, 4) is 0 Å². The third kappa shape index (κ3) is 34.1. The van der Waals surface area contributed by atoms with Gasteiger partial charge in [-0.3, -0.25) is 14.4 Å². The van der Waals surface area contributed by atoms with Crippen LogP contribution in [0.3, 0.4) is 0 Å². The van der Waals surface area contributed by atoms with Crippen molar-refractivity contribution < 1.29 is 28.6 Å². The molecule has 0 radical (unpaired) electrons. The molecule has 0 aliphatic rings. The number of esters is 3. The summed E-state index contributed by atoms with van der Waals surface area (Å²) in [6.45, 7) is 8.89. The smallest absolute Gasteiger partial charge is 0.306 e. The number of ether oxygens (including phenoxy) is 3. The van der Waals surface area contributed by atoms with Crippen LogP contribution in [0.15, 0.2) is 0 Å². The summed E-state index contributed by atoms with van der Waals surface area (Å²) in [4.78, 5) is 37.3. The lowest BCUT2D eigenvalue weighted by atomic mass is 9.99. The van der Waals surface area contributed by atoms with Gasteiger partial charge in [-0.25, -0.2) is 0 Å². The summed E-state index contributed by atoms with van der Waals surface area (Å²) in [6, 6.07) is 0. The molecule has 0 saturated heterocycles. The summed E-state index contributed by atoms with van der Waals surface area (Å²) < 4.78 is 16.5. The van der Waals surface area contributed by atoms with E-state index in [1.807, 2.05) is 0 Å². The van der Waals surface area contributed by atoms with Crippen molar-refractivity contribution in [1.29, 1.82) is 0 Å². The molecule has 278 valence electrons. The first-order valence-electron chi connectivity index (χ1n) is 20.4. The Hall–Kier alpha value is -1.59. The molecule has 2 atom stereocenters. The molecule has 0 heterocycles. The Balaban J connectivity index is 4.21.